The molecule has 0 aromatic heterocycles. The second-order valence-corrected chi connectivity index (χ2v) is 10.1. The summed E-state index contributed by atoms with van der Waals surface area (Å²) >= 11 is 0. The molecule has 30 heavy (non-hydrogen) atoms. The minimum absolute atomic E-state index is 0.147. The van der Waals surface area contributed by atoms with Crippen molar-refractivity contribution in [2.45, 2.75) is 37.0 Å². The van der Waals surface area contributed by atoms with Gasteiger partial charge in [-0.1, -0.05) is 36.4 Å². The fourth-order valence-corrected chi connectivity index (χ4v) is 6.14. The number of rotatable bonds is 3. The van der Waals surface area contributed by atoms with Crippen molar-refractivity contribution in [2.24, 2.45) is 5.92 Å². The number of piperidine rings is 1. The van der Waals surface area contributed by atoms with Crippen LogP contribution in [0.4, 0.5) is 5.69 Å². The number of likely N-dealkylation sites (tertiary alicyclic amines) is 1. The highest BCUT2D eigenvalue weighted by Gasteiger charge is 2.36. The van der Waals surface area contributed by atoms with Crippen molar-refractivity contribution >= 4 is 21.6 Å². The summed E-state index contributed by atoms with van der Waals surface area (Å²) in [5.41, 5.74) is 3.26. The van der Waals surface area contributed by atoms with Crippen LogP contribution in [0.3, 0.4) is 0 Å². The molecule has 1 fully saturated rings. The number of nitrogens with zero attached hydrogens (tertiary/aromatic N) is 2. The number of carbonyl (C=O) groups excluding carboxylic acids is 1. The van der Waals surface area contributed by atoms with Gasteiger partial charge < -0.3 is 10.2 Å². The highest BCUT2D eigenvalue weighted by Crippen LogP contribution is 2.31. The molecule has 0 spiro atoms. The Balaban J connectivity index is 1.17. The van der Waals surface area contributed by atoms with Gasteiger partial charge in [-0.05, 0) is 42.0 Å². The van der Waals surface area contributed by atoms with Crippen LogP contribution < -0.4 is 10.0 Å². The van der Waals surface area contributed by atoms with E-state index in [9.17, 15) is 13.2 Å². The third-order valence-electron chi connectivity index (χ3n) is 6.40. The van der Waals surface area contributed by atoms with Crippen LogP contribution in [0.2, 0.25) is 0 Å². The molecule has 1 atom stereocenters. The van der Waals surface area contributed by atoms with Crippen LogP contribution in [0, 0.1) is 5.92 Å². The van der Waals surface area contributed by atoms with Gasteiger partial charge in [0.25, 0.3) is 0 Å². The molecule has 0 aliphatic carbocycles. The lowest BCUT2D eigenvalue weighted by atomic mass is 9.93. The summed E-state index contributed by atoms with van der Waals surface area (Å²) in [6, 6.07) is 15.3. The predicted molar refractivity (Wildman–Crippen MR) is 114 cm³/mol. The molecule has 158 valence electrons. The van der Waals surface area contributed by atoms with E-state index in [1.54, 1.807) is 18.2 Å². The van der Waals surface area contributed by atoms with E-state index < -0.39 is 10.0 Å². The normalized spacial score (nSPS) is 23.5. The van der Waals surface area contributed by atoms with Crippen LogP contribution >= 0.6 is 0 Å². The van der Waals surface area contributed by atoms with Crippen LogP contribution in [0.25, 0.3) is 0 Å². The van der Waals surface area contributed by atoms with Crippen molar-refractivity contribution in [1.29, 1.82) is 0 Å². The third kappa shape index (κ3) is 3.71. The predicted octanol–water partition coefficient (Wildman–Crippen LogP) is 1.97. The van der Waals surface area contributed by atoms with Crippen molar-refractivity contribution < 1.29 is 13.2 Å². The summed E-state index contributed by atoms with van der Waals surface area (Å²) in [4.78, 5) is 17.2. The molecule has 2 N–H and O–H groups in total. The average Bonchev–Trinajstić information content (AvgIpc) is 3.15. The number of nitrogens with one attached hydrogen (secondary N) is 2. The largest absolute Gasteiger partial charge is 0.368 e. The number of hydrogen-bond donors (Lipinski definition) is 2. The lowest BCUT2D eigenvalue weighted by Gasteiger charge is -2.39. The summed E-state index contributed by atoms with van der Waals surface area (Å²) in [7, 11) is -3.51. The standard InChI is InChI=1S/C22H26N4O3S/c27-21(15-25-13-17-5-1-2-6-18(17)14-25)26-11-9-16(10-12-26)22-23-19-7-3-4-8-20(19)30(28,29)24-22/h1-8,16,22-24H,9-15H2. The summed E-state index contributed by atoms with van der Waals surface area (Å²) in [6.45, 7) is 3.40. The molecule has 5 rings (SSSR count). The van der Waals surface area contributed by atoms with Crippen molar-refractivity contribution in [3.05, 3.63) is 59.7 Å². The fourth-order valence-electron chi connectivity index (χ4n) is 4.75. The van der Waals surface area contributed by atoms with Gasteiger partial charge in [-0.2, -0.15) is 4.72 Å². The second-order valence-electron chi connectivity index (χ2n) is 8.37. The SMILES string of the molecule is O=C(CN1Cc2ccccc2C1)N1CCC(C2Nc3ccccc3S(=O)(=O)N2)CC1. The molecule has 0 saturated carbocycles. The maximum Gasteiger partial charge on any atom is 0.244 e. The Morgan fingerprint density at radius 3 is 2.30 bits per heavy atom. The number of fused-ring (bicyclic) bond motifs is 2. The molecule has 3 heterocycles. The number of benzene rings is 2. The Morgan fingerprint density at radius 1 is 0.967 bits per heavy atom. The Kier molecular flexibility index (Phi) is 5.00. The molecule has 1 amide bonds. The minimum Gasteiger partial charge on any atom is -0.368 e. The van der Waals surface area contributed by atoms with Gasteiger partial charge in [-0.15, -0.1) is 0 Å². The molecule has 2 aromatic rings. The Bertz CT molecular complexity index is 1040. The van der Waals surface area contributed by atoms with Crippen molar-refractivity contribution in [3.8, 4) is 0 Å². The van der Waals surface area contributed by atoms with Crippen LogP contribution in [-0.2, 0) is 27.9 Å². The molecule has 1 saturated heterocycles. The van der Waals surface area contributed by atoms with Gasteiger partial charge in [-0.3, -0.25) is 9.69 Å². The van der Waals surface area contributed by atoms with Gasteiger partial charge >= 0.3 is 0 Å². The van der Waals surface area contributed by atoms with Gasteiger partial charge in [0.1, 0.15) is 4.90 Å². The minimum atomic E-state index is -3.51. The van der Waals surface area contributed by atoms with E-state index in [1.807, 2.05) is 23.1 Å². The molecule has 2 aromatic carbocycles. The number of amides is 1. The summed E-state index contributed by atoms with van der Waals surface area (Å²) in [6.07, 6.45) is 1.21. The molecule has 8 heteroatoms. The Hall–Kier alpha value is -2.42. The number of hydrogen-bond acceptors (Lipinski definition) is 5. The summed E-state index contributed by atoms with van der Waals surface area (Å²) < 4.78 is 27.9. The second kappa shape index (κ2) is 7.68. The van der Waals surface area contributed by atoms with E-state index in [1.165, 1.54) is 11.1 Å². The highest BCUT2D eigenvalue weighted by atomic mass is 32.2. The average molecular weight is 427 g/mol. The summed E-state index contributed by atoms with van der Waals surface area (Å²) in [5.74, 6) is 0.303. The van der Waals surface area contributed by atoms with Gasteiger partial charge in [0.2, 0.25) is 15.9 Å². The van der Waals surface area contributed by atoms with E-state index in [-0.39, 0.29) is 18.0 Å². The molecule has 1 unspecified atom stereocenters. The molecule has 3 aliphatic rings. The van der Waals surface area contributed by atoms with Crippen molar-refractivity contribution in [2.75, 3.05) is 25.0 Å². The summed E-state index contributed by atoms with van der Waals surface area (Å²) in [5, 5.41) is 3.33. The molecule has 0 radical (unpaired) electrons. The van der Waals surface area contributed by atoms with Gasteiger partial charge in [-0.25, -0.2) is 8.42 Å². The highest BCUT2D eigenvalue weighted by molar-refractivity contribution is 7.89. The molecular weight excluding hydrogens is 400 g/mol. The van der Waals surface area contributed by atoms with Gasteiger partial charge in [0, 0.05) is 26.2 Å². The quantitative estimate of drug-likeness (QED) is 0.784. The molecule has 0 bridgehead atoms. The topological polar surface area (TPSA) is 81.8 Å². The monoisotopic (exact) mass is 426 g/mol. The molecule has 7 nitrogen and oxygen atoms in total. The third-order valence-corrected chi connectivity index (χ3v) is 7.90. The zero-order valence-corrected chi connectivity index (χ0v) is 17.6. The lowest BCUT2D eigenvalue weighted by molar-refractivity contribution is -0.134. The zero-order chi connectivity index (χ0) is 20.7. The zero-order valence-electron chi connectivity index (χ0n) is 16.8. The van der Waals surface area contributed by atoms with E-state index in [0.29, 0.717) is 30.2 Å². The molecular formula is C22H26N4O3S. The maximum atomic E-state index is 12.8. The van der Waals surface area contributed by atoms with Crippen LogP contribution in [0.1, 0.15) is 24.0 Å². The lowest BCUT2D eigenvalue weighted by Crippen LogP contribution is -2.53. The first-order chi connectivity index (χ1) is 14.5. The molecule has 3 aliphatic heterocycles. The van der Waals surface area contributed by atoms with Gasteiger partial charge in [0.15, 0.2) is 0 Å². The first kappa shape index (κ1) is 19.5. The smallest absolute Gasteiger partial charge is 0.244 e. The number of carbonyl (C=O) groups is 1. The fraction of sp³-hybridized carbons (Fsp3) is 0.409. The number of sulfonamides is 1. The number of anilines is 1. The maximum absolute atomic E-state index is 12.8. The Labute approximate surface area is 177 Å². The first-order valence-corrected chi connectivity index (χ1v) is 11.9. The van der Waals surface area contributed by atoms with Gasteiger partial charge in [0.05, 0.1) is 18.4 Å². The Morgan fingerprint density at radius 2 is 1.60 bits per heavy atom. The first-order valence-electron chi connectivity index (χ1n) is 10.4. The van der Waals surface area contributed by atoms with Crippen LogP contribution in [-0.4, -0.2) is 49.9 Å². The van der Waals surface area contributed by atoms with Crippen LogP contribution in [0.15, 0.2) is 53.4 Å². The van der Waals surface area contributed by atoms with E-state index in [0.717, 1.165) is 25.9 Å². The van der Waals surface area contributed by atoms with Crippen molar-refractivity contribution in [1.82, 2.24) is 14.5 Å². The van der Waals surface area contributed by atoms with E-state index in [4.69, 9.17) is 0 Å². The van der Waals surface area contributed by atoms with Crippen molar-refractivity contribution in [3.63, 3.8) is 0 Å². The van der Waals surface area contributed by atoms with E-state index in [2.05, 4.69) is 27.1 Å². The number of para-hydroxylation sites is 1. The van der Waals surface area contributed by atoms with Crippen LogP contribution in [0.5, 0.6) is 0 Å². The van der Waals surface area contributed by atoms with E-state index >= 15 is 0 Å².